The minimum atomic E-state index is -1.09. The number of esters is 1. The molecule has 0 aliphatic heterocycles. The number of benzene rings is 1. The Kier molecular flexibility index (Phi) is 2.99. The molecule has 1 aromatic rings. The van der Waals surface area contributed by atoms with Gasteiger partial charge in [0.25, 0.3) is 5.69 Å². The van der Waals surface area contributed by atoms with Crippen molar-refractivity contribution in [1.82, 2.24) is 0 Å². The van der Waals surface area contributed by atoms with E-state index in [2.05, 4.69) is 0 Å². The fourth-order valence-corrected chi connectivity index (χ4v) is 2.17. The van der Waals surface area contributed by atoms with Gasteiger partial charge in [-0.3, -0.25) is 14.9 Å². The van der Waals surface area contributed by atoms with E-state index in [4.69, 9.17) is 27.9 Å². The van der Waals surface area contributed by atoms with Crippen LogP contribution in [0.1, 0.15) is 13.3 Å². The molecule has 1 atom stereocenters. The van der Waals surface area contributed by atoms with Crippen molar-refractivity contribution >= 4 is 34.9 Å². The SMILES string of the molecule is C[C@]1(C(=O)Oc2ccc([N+](=O)[O-])cc2)CC1(Cl)Cl. The van der Waals surface area contributed by atoms with Gasteiger partial charge in [-0.1, -0.05) is 0 Å². The van der Waals surface area contributed by atoms with Crippen LogP contribution < -0.4 is 4.74 Å². The normalized spacial score (nSPS) is 24.4. The summed E-state index contributed by atoms with van der Waals surface area (Å²) in [7, 11) is 0. The smallest absolute Gasteiger partial charge is 0.320 e. The van der Waals surface area contributed by atoms with Crippen LogP contribution in [0.4, 0.5) is 5.69 Å². The number of nitro benzene ring substituents is 1. The van der Waals surface area contributed by atoms with Gasteiger partial charge < -0.3 is 4.74 Å². The average Bonchev–Trinajstić information content (AvgIpc) is 2.80. The van der Waals surface area contributed by atoms with Crippen LogP contribution in [0, 0.1) is 15.5 Å². The Balaban J connectivity index is 2.07. The fourth-order valence-electron chi connectivity index (χ4n) is 1.48. The van der Waals surface area contributed by atoms with Gasteiger partial charge in [0.15, 0.2) is 0 Å². The van der Waals surface area contributed by atoms with Gasteiger partial charge in [-0.05, 0) is 19.1 Å². The molecule has 1 fully saturated rings. The molecule has 1 aliphatic rings. The molecule has 0 bridgehead atoms. The summed E-state index contributed by atoms with van der Waals surface area (Å²) in [5, 5.41) is 10.5. The number of ether oxygens (including phenoxy) is 1. The number of rotatable bonds is 3. The zero-order valence-corrected chi connectivity index (χ0v) is 10.9. The van der Waals surface area contributed by atoms with Crippen LogP contribution in [0.5, 0.6) is 5.75 Å². The molecule has 96 valence electrons. The van der Waals surface area contributed by atoms with Gasteiger partial charge in [0.1, 0.15) is 15.5 Å². The second kappa shape index (κ2) is 4.10. The molecule has 7 heteroatoms. The summed E-state index contributed by atoms with van der Waals surface area (Å²) in [6.45, 7) is 1.61. The van der Waals surface area contributed by atoms with Crippen molar-refractivity contribution in [2.24, 2.45) is 5.41 Å². The van der Waals surface area contributed by atoms with Crippen molar-refractivity contribution in [2.75, 3.05) is 0 Å². The van der Waals surface area contributed by atoms with Gasteiger partial charge in [0.2, 0.25) is 0 Å². The van der Waals surface area contributed by atoms with Crippen LogP contribution in [0.2, 0.25) is 0 Å². The first-order valence-corrected chi connectivity index (χ1v) is 5.86. The number of carbonyl (C=O) groups is 1. The number of halogens is 2. The van der Waals surface area contributed by atoms with E-state index in [9.17, 15) is 14.9 Å². The van der Waals surface area contributed by atoms with Gasteiger partial charge in [-0.2, -0.15) is 0 Å². The summed E-state index contributed by atoms with van der Waals surface area (Å²) in [4.78, 5) is 21.7. The largest absolute Gasteiger partial charge is 0.426 e. The zero-order valence-electron chi connectivity index (χ0n) is 9.35. The Morgan fingerprint density at radius 3 is 2.28 bits per heavy atom. The molecule has 0 aromatic heterocycles. The van der Waals surface area contributed by atoms with E-state index in [1.807, 2.05) is 0 Å². The number of alkyl halides is 2. The summed E-state index contributed by atoms with van der Waals surface area (Å²) in [6.07, 6.45) is 0.328. The molecular formula is C11H9Cl2NO4. The first-order valence-electron chi connectivity index (χ1n) is 5.11. The molecule has 0 unspecified atom stereocenters. The second-order valence-electron chi connectivity index (χ2n) is 4.35. The highest BCUT2D eigenvalue weighted by atomic mass is 35.5. The van der Waals surface area contributed by atoms with E-state index >= 15 is 0 Å². The lowest BCUT2D eigenvalue weighted by Gasteiger charge is -2.11. The number of nitro groups is 1. The molecular weight excluding hydrogens is 281 g/mol. The fraction of sp³-hybridized carbons (Fsp3) is 0.364. The first kappa shape index (κ1) is 13.1. The van der Waals surface area contributed by atoms with Crippen molar-refractivity contribution in [2.45, 2.75) is 17.7 Å². The molecule has 5 nitrogen and oxygen atoms in total. The molecule has 0 amide bonds. The van der Waals surface area contributed by atoms with E-state index in [1.165, 1.54) is 24.3 Å². The maximum atomic E-state index is 11.8. The first-order chi connectivity index (χ1) is 8.26. The van der Waals surface area contributed by atoms with Gasteiger partial charge in [0, 0.05) is 18.6 Å². The Morgan fingerprint density at radius 2 is 1.89 bits per heavy atom. The lowest BCUT2D eigenvalue weighted by molar-refractivity contribution is -0.384. The molecule has 1 saturated carbocycles. The number of nitrogens with zero attached hydrogens (tertiary/aromatic N) is 1. The zero-order chi connectivity index (χ0) is 13.6. The maximum absolute atomic E-state index is 11.8. The van der Waals surface area contributed by atoms with Crippen LogP contribution in [0.3, 0.4) is 0 Å². The molecule has 1 aromatic carbocycles. The van der Waals surface area contributed by atoms with Crippen LogP contribution in [0.15, 0.2) is 24.3 Å². The molecule has 1 aliphatic carbocycles. The highest BCUT2D eigenvalue weighted by Gasteiger charge is 2.69. The van der Waals surface area contributed by atoms with E-state index in [0.29, 0.717) is 6.42 Å². The third-order valence-corrected chi connectivity index (χ3v) is 4.07. The molecule has 18 heavy (non-hydrogen) atoms. The molecule has 0 N–H and O–H groups in total. The second-order valence-corrected chi connectivity index (χ2v) is 5.84. The van der Waals surface area contributed by atoms with Crippen molar-refractivity contribution < 1.29 is 14.5 Å². The summed E-state index contributed by atoms with van der Waals surface area (Å²) < 4.78 is 3.99. The van der Waals surface area contributed by atoms with Crippen LogP contribution in [-0.4, -0.2) is 15.2 Å². The van der Waals surface area contributed by atoms with E-state index in [1.54, 1.807) is 6.92 Å². The summed E-state index contributed by atoms with van der Waals surface area (Å²) in [5.74, 6) is -0.316. The van der Waals surface area contributed by atoms with Crippen LogP contribution in [-0.2, 0) is 4.79 Å². The lowest BCUT2D eigenvalue weighted by atomic mass is 10.1. The Bertz CT molecular complexity index is 514. The maximum Gasteiger partial charge on any atom is 0.320 e. The summed E-state index contributed by atoms with van der Waals surface area (Å²) >= 11 is 11.7. The number of hydrogen-bond donors (Lipinski definition) is 0. The predicted octanol–water partition coefficient (Wildman–Crippen LogP) is 3.08. The molecule has 0 spiro atoms. The van der Waals surface area contributed by atoms with E-state index in [-0.39, 0.29) is 11.4 Å². The van der Waals surface area contributed by atoms with E-state index in [0.717, 1.165) is 0 Å². The Morgan fingerprint density at radius 1 is 1.39 bits per heavy atom. The lowest BCUT2D eigenvalue weighted by Crippen LogP contribution is -2.23. The molecule has 0 radical (unpaired) electrons. The predicted molar refractivity (Wildman–Crippen MR) is 65.9 cm³/mol. The highest BCUT2D eigenvalue weighted by molar-refractivity contribution is 6.53. The minimum absolute atomic E-state index is 0.0727. The third-order valence-electron chi connectivity index (χ3n) is 2.97. The minimum Gasteiger partial charge on any atom is -0.426 e. The topological polar surface area (TPSA) is 69.4 Å². The summed E-state index contributed by atoms with van der Waals surface area (Å²) in [5.41, 5.74) is -0.991. The quantitative estimate of drug-likeness (QED) is 0.282. The standard InChI is InChI=1S/C11H9Cl2NO4/c1-10(6-11(10,12)13)9(15)18-8-4-2-7(3-5-8)14(16)17/h2-5H,6H2,1H3/t10-/m1/s1. The molecule has 0 saturated heterocycles. The molecule has 0 heterocycles. The van der Waals surface area contributed by atoms with Gasteiger partial charge in [0.05, 0.1) is 4.92 Å². The van der Waals surface area contributed by atoms with Gasteiger partial charge in [-0.25, -0.2) is 0 Å². The van der Waals surface area contributed by atoms with E-state index < -0.39 is 20.6 Å². The number of carbonyl (C=O) groups excluding carboxylic acids is 1. The number of hydrogen-bond acceptors (Lipinski definition) is 4. The van der Waals surface area contributed by atoms with Crippen LogP contribution in [0.25, 0.3) is 0 Å². The molecule has 2 rings (SSSR count). The average molecular weight is 290 g/mol. The highest BCUT2D eigenvalue weighted by Crippen LogP contribution is 2.64. The number of non-ortho nitro benzene ring substituents is 1. The van der Waals surface area contributed by atoms with Crippen LogP contribution >= 0.6 is 23.2 Å². The summed E-state index contributed by atoms with van der Waals surface area (Å²) in [6, 6.07) is 5.22. The Labute approximate surface area is 113 Å². The monoisotopic (exact) mass is 289 g/mol. The third kappa shape index (κ3) is 2.15. The Hall–Kier alpha value is -1.33. The van der Waals surface area contributed by atoms with Crippen molar-refractivity contribution in [3.8, 4) is 5.75 Å². The van der Waals surface area contributed by atoms with Gasteiger partial charge >= 0.3 is 5.97 Å². The van der Waals surface area contributed by atoms with Crippen molar-refractivity contribution in [1.29, 1.82) is 0 Å². The van der Waals surface area contributed by atoms with Gasteiger partial charge in [-0.15, -0.1) is 23.2 Å². The van der Waals surface area contributed by atoms with Crippen molar-refractivity contribution in [3.63, 3.8) is 0 Å². The van der Waals surface area contributed by atoms with Crippen molar-refractivity contribution in [3.05, 3.63) is 34.4 Å².